The van der Waals surface area contributed by atoms with E-state index in [0.29, 0.717) is 18.9 Å². The first-order chi connectivity index (χ1) is 11.7. The molecule has 1 amide bonds. The summed E-state index contributed by atoms with van der Waals surface area (Å²) in [6.45, 7) is 2.58. The molecule has 1 unspecified atom stereocenters. The number of hydrogen-bond acceptors (Lipinski definition) is 3. The van der Waals surface area contributed by atoms with Gasteiger partial charge in [0.1, 0.15) is 0 Å². The molecule has 1 aromatic carbocycles. The predicted octanol–water partition coefficient (Wildman–Crippen LogP) is 3.79. The van der Waals surface area contributed by atoms with Gasteiger partial charge in [0.15, 0.2) is 0 Å². The molecule has 0 radical (unpaired) electrons. The molecule has 0 N–H and O–H groups in total. The second kappa shape index (κ2) is 7.27. The Morgan fingerprint density at radius 2 is 2.21 bits per heavy atom. The van der Waals surface area contributed by atoms with Gasteiger partial charge in [-0.15, -0.1) is 0 Å². The summed E-state index contributed by atoms with van der Waals surface area (Å²) < 4.78 is 0. The highest BCUT2D eigenvalue weighted by atomic mass is 16.2. The summed E-state index contributed by atoms with van der Waals surface area (Å²) in [6.07, 6.45) is 7.96. The number of para-hydroxylation sites is 1. The van der Waals surface area contributed by atoms with Gasteiger partial charge in [0, 0.05) is 30.2 Å². The first-order valence-electron chi connectivity index (χ1n) is 8.40. The van der Waals surface area contributed by atoms with Crippen LogP contribution in [0.2, 0.25) is 0 Å². The van der Waals surface area contributed by atoms with E-state index in [1.54, 1.807) is 12.3 Å². The number of carbonyl (C=O) groups is 1. The molecule has 4 heteroatoms. The molecule has 0 spiro atoms. The molecule has 24 heavy (non-hydrogen) atoms. The summed E-state index contributed by atoms with van der Waals surface area (Å²) in [7, 11) is 0. The smallest absolute Gasteiger partial charge is 0.246 e. The molecule has 1 aliphatic carbocycles. The van der Waals surface area contributed by atoms with Crippen molar-refractivity contribution in [2.75, 3.05) is 6.54 Å². The van der Waals surface area contributed by atoms with Crippen LogP contribution in [0.15, 0.2) is 42.6 Å². The number of pyridine rings is 1. The third-order valence-electron chi connectivity index (χ3n) is 4.63. The fourth-order valence-corrected chi connectivity index (χ4v) is 3.04. The lowest BCUT2D eigenvalue weighted by atomic mass is 10.1. The largest absolute Gasteiger partial charge is 0.335 e. The van der Waals surface area contributed by atoms with E-state index < -0.39 is 0 Å². The molecule has 3 rings (SSSR count). The molecule has 0 bridgehead atoms. The molecule has 1 saturated carbocycles. The van der Waals surface area contributed by atoms with Gasteiger partial charge >= 0.3 is 0 Å². The number of fused-ring (bicyclic) bond motifs is 1. The zero-order chi connectivity index (χ0) is 16.9. The topological polar surface area (TPSA) is 57.0 Å². The highest BCUT2D eigenvalue weighted by Crippen LogP contribution is 2.35. The van der Waals surface area contributed by atoms with E-state index in [9.17, 15) is 4.79 Å². The average Bonchev–Trinajstić information content (AvgIpc) is 3.45. The van der Waals surface area contributed by atoms with E-state index >= 15 is 0 Å². The number of carbonyl (C=O) groups excluding carboxylic acids is 1. The highest BCUT2D eigenvalue weighted by molar-refractivity contribution is 5.95. The van der Waals surface area contributed by atoms with Gasteiger partial charge < -0.3 is 4.90 Å². The summed E-state index contributed by atoms with van der Waals surface area (Å²) in [6, 6.07) is 12.1. The van der Waals surface area contributed by atoms with E-state index in [1.807, 2.05) is 41.3 Å². The number of nitriles is 1. The third kappa shape index (κ3) is 3.62. The molecule has 0 saturated heterocycles. The Morgan fingerprint density at radius 3 is 2.96 bits per heavy atom. The first-order valence-corrected chi connectivity index (χ1v) is 8.40. The van der Waals surface area contributed by atoms with Gasteiger partial charge in [0.05, 0.1) is 18.0 Å². The number of hydrogen-bond donors (Lipinski definition) is 0. The van der Waals surface area contributed by atoms with Crippen LogP contribution in [0, 0.1) is 17.2 Å². The molecule has 0 aliphatic heterocycles. The van der Waals surface area contributed by atoms with Crippen molar-refractivity contribution in [3.63, 3.8) is 0 Å². The van der Waals surface area contributed by atoms with E-state index in [1.165, 1.54) is 12.8 Å². The van der Waals surface area contributed by atoms with Gasteiger partial charge in [-0.05, 0) is 49.5 Å². The second-order valence-corrected chi connectivity index (χ2v) is 6.27. The molecule has 1 fully saturated rings. The average molecular weight is 319 g/mol. The van der Waals surface area contributed by atoms with Crippen molar-refractivity contribution >= 4 is 22.9 Å². The van der Waals surface area contributed by atoms with Crippen molar-refractivity contribution in [3.8, 4) is 6.07 Å². The zero-order valence-corrected chi connectivity index (χ0v) is 13.9. The SMILES string of the molecule is CC(C1CC1)N(CCC#N)C(=O)C=Cc1ccnc2ccccc12. The number of benzene rings is 1. The molecule has 2 aromatic rings. The maximum Gasteiger partial charge on any atom is 0.246 e. The predicted molar refractivity (Wildman–Crippen MR) is 94.9 cm³/mol. The van der Waals surface area contributed by atoms with Crippen molar-refractivity contribution in [2.45, 2.75) is 32.2 Å². The monoisotopic (exact) mass is 319 g/mol. The van der Waals surface area contributed by atoms with Gasteiger partial charge in [0.25, 0.3) is 0 Å². The summed E-state index contributed by atoms with van der Waals surface area (Å²) in [4.78, 5) is 18.8. The normalized spacial score (nSPS) is 15.3. The molecule has 1 aliphatic rings. The lowest BCUT2D eigenvalue weighted by Crippen LogP contribution is -2.39. The number of aromatic nitrogens is 1. The van der Waals surface area contributed by atoms with Gasteiger partial charge in [-0.3, -0.25) is 9.78 Å². The van der Waals surface area contributed by atoms with Crippen LogP contribution in [-0.4, -0.2) is 28.4 Å². The Hall–Kier alpha value is -2.67. The summed E-state index contributed by atoms with van der Waals surface area (Å²) in [5, 5.41) is 9.88. The summed E-state index contributed by atoms with van der Waals surface area (Å²) in [5.74, 6) is 0.563. The zero-order valence-electron chi connectivity index (χ0n) is 13.9. The maximum absolute atomic E-state index is 12.6. The molecule has 1 aromatic heterocycles. The molecular weight excluding hydrogens is 298 g/mol. The highest BCUT2D eigenvalue weighted by Gasteiger charge is 2.33. The summed E-state index contributed by atoms with van der Waals surface area (Å²) in [5.41, 5.74) is 1.90. The minimum atomic E-state index is -0.0226. The molecular formula is C20H21N3O. The maximum atomic E-state index is 12.6. The van der Waals surface area contributed by atoms with Gasteiger partial charge in [-0.2, -0.15) is 5.26 Å². The molecule has 1 heterocycles. The summed E-state index contributed by atoms with van der Waals surface area (Å²) >= 11 is 0. The Balaban J connectivity index is 1.80. The Bertz CT molecular complexity index is 797. The van der Waals surface area contributed by atoms with Gasteiger partial charge in [-0.25, -0.2) is 0 Å². The van der Waals surface area contributed by atoms with Crippen molar-refractivity contribution < 1.29 is 4.79 Å². The number of rotatable bonds is 6. The molecule has 122 valence electrons. The Morgan fingerprint density at radius 1 is 1.42 bits per heavy atom. The third-order valence-corrected chi connectivity index (χ3v) is 4.63. The van der Waals surface area contributed by atoms with Crippen LogP contribution >= 0.6 is 0 Å². The van der Waals surface area contributed by atoms with Crippen LogP contribution in [0.5, 0.6) is 0 Å². The van der Waals surface area contributed by atoms with Crippen LogP contribution in [-0.2, 0) is 4.79 Å². The van der Waals surface area contributed by atoms with Crippen molar-refractivity contribution in [3.05, 3.63) is 48.2 Å². The Labute approximate surface area is 142 Å². The second-order valence-electron chi connectivity index (χ2n) is 6.27. The molecule has 4 nitrogen and oxygen atoms in total. The van der Waals surface area contributed by atoms with Crippen molar-refractivity contribution in [1.29, 1.82) is 5.26 Å². The van der Waals surface area contributed by atoms with E-state index in [-0.39, 0.29) is 11.9 Å². The Kier molecular flexibility index (Phi) is 4.90. The lowest BCUT2D eigenvalue weighted by Gasteiger charge is -2.27. The van der Waals surface area contributed by atoms with E-state index in [0.717, 1.165) is 16.5 Å². The van der Waals surface area contributed by atoms with Crippen LogP contribution in [0.3, 0.4) is 0 Å². The molecule has 1 atom stereocenters. The minimum absolute atomic E-state index is 0.0226. The van der Waals surface area contributed by atoms with Gasteiger partial charge in [0.2, 0.25) is 5.91 Å². The number of nitrogens with zero attached hydrogens (tertiary/aromatic N) is 3. The standard InChI is InChI=1S/C20H21N3O/c1-15(16-7-8-16)23(14-4-12-21)20(24)10-9-17-11-13-22-19-6-3-2-5-18(17)19/h2-3,5-6,9-11,13,15-16H,4,7-8,14H2,1H3. The van der Waals surface area contributed by atoms with E-state index in [4.69, 9.17) is 5.26 Å². The van der Waals surface area contributed by atoms with Crippen molar-refractivity contribution in [2.24, 2.45) is 5.92 Å². The van der Waals surface area contributed by atoms with Crippen LogP contribution < -0.4 is 0 Å². The van der Waals surface area contributed by atoms with Crippen LogP contribution in [0.1, 0.15) is 31.7 Å². The van der Waals surface area contributed by atoms with Gasteiger partial charge in [-0.1, -0.05) is 18.2 Å². The fourth-order valence-electron chi connectivity index (χ4n) is 3.04. The van der Waals surface area contributed by atoms with Crippen LogP contribution in [0.25, 0.3) is 17.0 Å². The quantitative estimate of drug-likeness (QED) is 0.761. The van der Waals surface area contributed by atoms with Crippen molar-refractivity contribution in [1.82, 2.24) is 9.88 Å². The fraction of sp³-hybridized carbons (Fsp3) is 0.350. The first kappa shape index (κ1) is 16.2. The minimum Gasteiger partial charge on any atom is -0.335 e. The lowest BCUT2D eigenvalue weighted by molar-refractivity contribution is -0.128. The van der Waals surface area contributed by atoms with E-state index in [2.05, 4.69) is 18.0 Å². The number of amides is 1. The van der Waals surface area contributed by atoms with Crippen LogP contribution in [0.4, 0.5) is 0 Å².